The molecule has 1 aromatic rings. The molecule has 21 heavy (non-hydrogen) atoms. The molecule has 0 aliphatic carbocycles. The molecule has 0 spiro atoms. The maximum absolute atomic E-state index is 13.7. The van der Waals surface area contributed by atoms with E-state index in [2.05, 4.69) is 25.4 Å². The third kappa shape index (κ3) is 3.63. The zero-order valence-corrected chi connectivity index (χ0v) is 12.6. The largest absolute Gasteiger partial charge is 0.503 e. The molecular formula is C13H10BrF3O4. The molecule has 0 heterocycles. The minimum Gasteiger partial charge on any atom is -0.503 e. The van der Waals surface area contributed by atoms with Crippen LogP contribution in [0.2, 0.25) is 0 Å². The molecule has 1 aromatic carbocycles. The second-order valence-electron chi connectivity index (χ2n) is 3.66. The summed E-state index contributed by atoms with van der Waals surface area (Å²) in [5, 5.41) is 0. The number of Topliss-reactive ketones (excluding diaryl/α,β-unsaturated/α-hetero) is 1. The molecule has 0 radical (unpaired) electrons. The molecule has 1 rings (SSSR count). The first kappa shape index (κ1) is 17.2. The van der Waals surface area contributed by atoms with Gasteiger partial charge in [0, 0.05) is 0 Å². The van der Waals surface area contributed by atoms with Crippen LogP contribution in [0.5, 0.6) is 0 Å². The van der Waals surface area contributed by atoms with E-state index in [-0.39, 0.29) is 6.61 Å². The van der Waals surface area contributed by atoms with E-state index in [4.69, 9.17) is 0 Å². The van der Waals surface area contributed by atoms with Crippen LogP contribution in [0.4, 0.5) is 13.2 Å². The fourth-order valence-corrected chi connectivity index (χ4v) is 1.81. The van der Waals surface area contributed by atoms with Gasteiger partial charge in [0.15, 0.2) is 11.6 Å². The lowest BCUT2D eigenvalue weighted by molar-refractivity contribution is -0.138. The second kappa shape index (κ2) is 7.26. The summed E-state index contributed by atoms with van der Waals surface area (Å²) in [5.74, 6) is -6.99. The van der Waals surface area contributed by atoms with E-state index in [1.54, 1.807) is 0 Å². The van der Waals surface area contributed by atoms with Gasteiger partial charge in [-0.25, -0.2) is 18.0 Å². The van der Waals surface area contributed by atoms with Crippen LogP contribution in [0, 0.1) is 17.5 Å². The minimum atomic E-state index is -1.71. The maximum Gasteiger partial charge on any atom is 0.345 e. The van der Waals surface area contributed by atoms with Crippen LogP contribution in [0.1, 0.15) is 17.3 Å². The summed E-state index contributed by atoms with van der Waals surface area (Å²) in [6.07, 6.45) is 0.680. The van der Waals surface area contributed by atoms with E-state index in [1.165, 1.54) is 6.92 Å². The van der Waals surface area contributed by atoms with Crippen LogP contribution >= 0.6 is 15.9 Å². The second-order valence-corrected chi connectivity index (χ2v) is 4.51. The van der Waals surface area contributed by atoms with Gasteiger partial charge in [-0.2, -0.15) is 0 Å². The molecule has 0 fully saturated rings. The maximum atomic E-state index is 13.7. The number of hydrogen-bond donors (Lipinski definition) is 0. The monoisotopic (exact) mass is 366 g/mol. The van der Waals surface area contributed by atoms with Crippen LogP contribution in [0.25, 0.3) is 0 Å². The molecule has 0 atom stereocenters. The molecule has 0 amide bonds. The first-order valence-electron chi connectivity index (χ1n) is 5.62. The van der Waals surface area contributed by atoms with Crippen LogP contribution in [0.15, 0.2) is 22.4 Å². The molecular weight excluding hydrogens is 357 g/mol. The molecule has 0 aliphatic heterocycles. The Labute approximate surface area is 126 Å². The molecule has 0 aromatic heterocycles. The van der Waals surface area contributed by atoms with Crippen molar-refractivity contribution in [2.75, 3.05) is 13.7 Å². The van der Waals surface area contributed by atoms with Crippen LogP contribution in [0.3, 0.4) is 0 Å². The Hall–Kier alpha value is -1.83. The molecule has 4 nitrogen and oxygen atoms in total. The highest BCUT2D eigenvalue weighted by Crippen LogP contribution is 2.26. The van der Waals surface area contributed by atoms with Gasteiger partial charge < -0.3 is 9.47 Å². The van der Waals surface area contributed by atoms with Crippen molar-refractivity contribution in [1.29, 1.82) is 0 Å². The van der Waals surface area contributed by atoms with Gasteiger partial charge in [0.25, 0.3) is 0 Å². The predicted octanol–water partition coefficient (Wildman–Crippen LogP) is 3.14. The summed E-state index contributed by atoms with van der Waals surface area (Å²) in [6.45, 7) is 1.42. The molecule has 0 bridgehead atoms. The standard InChI is InChI=1S/C13H10BrF3O4/c1-3-21-13(19)6(5-20-2)12(18)9-8(15)4-7(14)10(16)11(9)17/h4-5H,3H2,1-2H3/b6-5-. The number of carbonyl (C=O) groups is 2. The number of carbonyl (C=O) groups excluding carboxylic acids is 2. The molecule has 0 N–H and O–H groups in total. The van der Waals surface area contributed by atoms with Crippen LogP contribution in [-0.4, -0.2) is 25.5 Å². The lowest BCUT2D eigenvalue weighted by Gasteiger charge is -2.09. The fourth-order valence-electron chi connectivity index (χ4n) is 1.43. The van der Waals surface area contributed by atoms with Gasteiger partial charge >= 0.3 is 5.97 Å². The molecule has 0 unspecified atom stereocenters. The predicted molar refractivity (Wildman–Crippen MR) is 70.1 cm³/mol. The summed E-state index contributed by atoms with van der Waals surface area (Å²) >= 11 is 2.60. The number of rotatable bonds is 5. The van der Waals surface area contributed by atoms with E-state index in [1.807, 2.05) is 0 Å². The molecule has 114 valence electrons. The molecule has 0 aliphatic rings. The Bertz CT molecular complexity index is 614. The van der Waals surface area contributed by atoms with Crippen LogP contribution < -0.4 is 0 Å². The molecule has 0 saturated carbocycles. The average molecular weight is 367 g/mol. The van der Waals surface area contributed by atoms with Crippen molar-refractivity contribution >= 4 is 27.7 Å². The number of methoxy groups -OCH3 is 1. The number of esters is 1. The normalized spacial score (nSPS) is 11.2. The number of hydrogen-bond acceptors (Lipinski definition) is 4. The van der Waals surface area contributed by atoms with Crippen molar-refractivity contribution in [3.63, 3.8) is 0 Å². The highest BCUT2D eigenvalue weighted by molar-refractivity contribution is 9.10. The molecule has 0 saturated heterocycles. The van der Waals surface area contributed by atoms with Crippen molar-refractivity contribution < 1.29 is 32.2 Å². The van der Waals surface area contributed by atoms with Crippen molar-refractivity contribution in [3.8, 4) is 0 Å². The third-order valence-corrected chi connectivity index (χ3v) is 2.89. The van der Waals surface area contributed by atoms with Gasteiger partial charge in [0.1, 0.15) is 17.7 Å². The number of ether oxygens (including phenoxy) is 2. The zero-order valence-electron chi connectivity index (χ0n) is 11.0. The Morgan fingerprint density at radius 1 is 1.29 bits per heavy atom. The summed E-state index contributed by atoms with van der Waals surface area (Å²) in [4.78, 5) is 23.6. The van der Waals surface area contributed by atoms with Gasteiger partial charge in [0.05, 0.1) is 23.8 Å². The van der Waals surface area contributed by atoms with E-state index in [0.717, 1.165) is 7.11 Å². The highest BCUT2D eigenvalue weighted by Gasteiger charge is 2.30. The molecule has 8 heteroatoms. The van der Waals surface area contributed by atoms with Crippen molar-refractivity contribution in [1.82, 2.24) is 0 Å². The average Bonchev–Trinajstić information content (AvgIpc) is 2.42. The summed E-state index contributed by atoms with van der Waals surface area (Å²) in [7, 11) is 1.13. The van der Waals surface area contributed by atoms with Gasteiger partial charge in [-0.3, -0.25) is 4.79 Å². The number of halogens is 4. The minimum absolute atomic E-state index is 0.0627. The topological polar surface area (TPSA) is 52.6 Å². The van der Waals surface area contributed by atoms with Crippen LogP contribution in [-0.2, 0) is 14.3 Å². The number of ketones is 1. The van der Waals surface area contributed by atoms with Gasteiger partial charge in [-0.15, -0.1) is 0 Å². The quantitative estimate of drug-likeness (QED) is 0.117. The van der Waals surface area contributed by atoms with E-state index < -0.39 is 44.8 Å². The van der Waals surface area contributed by atoms with Gasteiger partial charge in [-0.05, 0) is 28.9 Å². The smallest absolute Gasteiger partial charge is 0.345 e. The Kier molecular flexibility index (Phi) is 5.95. The van der Waals surface area contributed by atoms with Crippen molar-refractivity contribution in [3.05, 3.63) is 45.4 Å². The van der Waals surface area contributed by atoms with E-state index >= 15 is 0 Å². The highest BCUT2D eigenvalue weighted by atomic mass is 79.9. The lowest BCUT2D eigenvalue weighted by atomic mass is 10.0. The van der Waals surface area contributed by atoms with Crippen molar-refractivity contribution in [2.24, 2.45) is 0 Å². The van der Waals surface area contributed by atoms with E-state index in [0.29, 0.717) is 12.3 Å². The van der Waals surface area contributed by atoms with E-state index in [9.17, 15) is 22.8 Å². The van der Waals surface area contributed by atoms with Crippen molar-refractivity contribution in [2.45, 2.75) is 6.92 Å². The Morgan fingerprint density at radius 3 is 2.43 bits per heavy atom. The first-order valence-corrected chi connectivity index (χ1v) is 6.42. The fraction of sp³-hybridized carbons (Fsp3) is 0.231. The lowest BCUT2D eigenvalue weighted by Crippen LogP contribution is -2.19. The Balaban J connectivity index is 3.38. The third-order valence-electron chi connectivity index (χ3n) is 2.32. The first-order chi connectivity index (χ1) is 9.84. The number of benzene rings is 1. The SMILES string of the molecule is CCOC(=O)/C(=C\OC)C(=O)c1c(F)cc(Br)c(F)c1F. The summed E-state index contributed by atoms with van der Waals surface area (Å²) in [6, 6.07) is 0.585. The van der Waals surface area contributed by atoms with Gasteiger partial charge in [0.2, 0.25) is 5.78 Å². The Morgan fingerprint density at radius 2 is 1.90 bits per heavy atom. The summed E-state index contributed by atoms with van der Waals surface area (Å²) < 4.78 is 49.5. The summed E-state index contributed by atoms with van der Waals surface area (Å²) in [5.41, 5.74) is -1.95. The van der Waals surface area contributed by atoms with Gasteiger partial charge in [-0.1, -0.05) is 0 Å². The zero-order chi connectivity index (χ0) is 16.2.